The first-order valence-electron chi connectivity index (χ1n) is 10.8. The van der Waals surface area contributed by atoms with Gasteiger partial charge in [-0.1, -0.05) is 25.5 Å². The van der Waals surface area contributed by atoms with E-state index >= 15 is 0 Å². The van der Waals surface area contributed by atoms with Crippen molar-refractivity contribution in [2.24, 2.45) is 0 Å². The zero-order valence-corrected chi connectivity index (χ0v) is 18.3. The van der Waals surface area contributed by atoms with Crippen LogP contribution in [0.3, 0.4) is 0 Å². The van der Waals surface area contributed by atoms with Crippen LogP contribution in [0.2, 0.25) is 0 Å². The van der Waals surface area contributed by atoms with Gasteiger partial charge in [-0.05, 0) is 31.9 Å². The fraction of sp³-hybridized carbons (Fsp3) is 0.409. The predicted molar refractivity (Wildman–Crippen MR) is 124 cm³/mol. The van der Waals surface area contributed by atoms with E-state index in [1.165, 1.54) is 9.47 Å². The van der Waals surface area contributed by atoms with Crippen LogP contribution >= 0.6 is 0 Å². The fourth-order valence-corrected chi connectivity index (χ4v) is 3.63. The molecule has 2 aromatic heterocycles. The van der Waals surface area contributed by atoms with Crippen LogP contribution in [0, 0.1) is 0 Å². The van der Waals surface area contributed by atoms with E-state index in [9.17, 15) is 19.2 Å². The van der Waals surface area contributed by atoms with Gasteiger partial charge < -0.3 is 15.6 Å². The van der Waals surface area contributed by atoms with E-state index in [4.69, 9.17) is 5.73 Å². The zero-order chi connectivity index (χ0) is 23.3. The van der Waals surface area contributed by atoms with Crippen molar-refractivity contribution in [3.05, 3.63) is 61.3 Å². The van der Waals surface area contributed by atoms with Crippen LogP contribution in [-0.2, 0) is 17.8 Å². The number of nitrogens with zero attached hydrogens (tertiary/aromatic N) is 3. The van der Waals surface area contributed by atoms with Crippen molar-refractivity contribution in [2.75, 3.05) is 17.2 Å². The lowest BCUT2D eigenvalue weighted by atomic mass is 10.2. The van der Waals surface area contributed by atoms with E-state index < -0.39 is 11.2 Å². The number of nitrogens with one attached hydrogen (secondary N) is 2. The van der Waals surface area contributed by atoms with E-state index in [0.717, 1.165) is 6.42 Å². The van der Waals surface area contributed by atoms with E-state index in [1.54, 1.807) is 25.1 Å². The number of hydrogen-bond donors (Lipinski definition) is 3. The first-order valence-corrected chi connectivity index (χ1v) is 10.8. The lowest BCUT2D eigenvalue weighted by molar-refractivity contribution is -0.118. The molecule has 0 aliphatic heterocycles. The normalized spacial score (nSPS) is 11.1. The van der Waals surface area contributed by atoms with Crippen LogP contribution in [0.1, 0.15) is 45.4 Å². The Morgan fingerprint density at radius 3 is 2.56 bits per heavy atom. The smallest absolute Gasteiger partial charge is 0.330 e. The summed E-state index contributed by atoms with van der Waals surface area (Å²) in [6.45, 7) is 4.30. The number of nitrogen functional groups attached to an aromatic ring is 1. The molecule has 4 N–H and O–H groups in total. The molecule has 0 unspecified atom stereocenters. The molecule has 1 amide bonds. The van der Waals surface area contributed by atoms with E-state index in [0.29, 0.717) is 42.5 Å². The van der Waals surface area contributed by atoms with E-state index in [-0.39, 0.29) is 35.9 Å². The van der Waals surface area contributed by atoms with E-state index in [1.807, 2.05) is 13.0 Å². The minimum Gasteiger partial charge on any atom is -0.383 e. The zero-order valence-electron chi connectivity index (χ0n) is 18.3. The summed E-state index contributed by atoms with van der Waals surface area (Å²) >= 11 is 0. The second-order valence-electron chi connectivity index (χ2n) is 7.52. The Bertz CT molecular complexity index is 1290. The third-order valence-corrected chi connectivity index (χ3v) is 5.30. The lowest BCUT2D eigenvalue weighted by Crippen LogP contribution is -2.41. The van der Waals surface area contributed by atoms with Gasteiger partial charge in [0.25, 0.3) is 11.1 Å². The number of rotatable bonds is 9. The highest BCUT2D eigenvalue weighted by molar-refractivity contribution is 5.95. The van der Waals surface area contributed by atoms with Gasteiger partial charge in [-0.25, -0.2) is 9.78 Å². The second kappa shape index (κ2) is 10.1. The van der Waals surface area contributed by atoms with Gasteiger partial charge in [0.15, 0.2) is 5.69 Å². The van der Waals surface area contributed by atoms with Crippen molar-refractivity contribution in [3.63, 3.8) is 0 Å². The Morgan fingerprint density at radius 1 is 1.09 bits per heavy atom. The van der Waals surface area contributed by atoms with Gasteiger partial charge in [0.2, 0.25) is 5.91 Å². The third-order valence-electron chi connectivity index (χ3n) is 5.30. The standard InChI is InChI=1S/C22H28N6O4/c1-3-5-13-28-19(23)18(21(31)26-22(28)32)27(4-2)17(29)12-8-11-16-24-15-10-7-6-9-14(15)20(30)25-16/h6-7,9-10H,3-5,8,11-13,23H2,1-2H3,(H,24,25,30)(H,26,31,32). The predicted octanol–water partition coefficient (Wildman–Crippen LogP) is 1.53. The molecular weight excluding hydrogens is 412 g/mol. The second-order valence-corrected chi connectivity index (χ2v) is 7.52. The average molecular weight is 441 g/mol. The Kier molecular flexibility index (Phi) is 7.24. The fourth-order valence-electron chi connectivity index (χ4n) is 3.63. The minimum atomic E-state index is -0.684. The van der Waals surface area contributed by atoms with Crippen LogP contribution < -0.4 is 27.4 Å². The summed E-state index contributed by atoms with van der Waals surface area (Å²) in [6.07, 6.45) is 2.50. The molecule has 0 aliphatic rings. The van der Waals surface area contributed by atoms with Crippen LogP contribution in [0.5, 0.6) is 0 Å². The molecule has 0 spiro atoms. The monoisotopic (exact) mass is 440 g/mol. The quantitative estimate of drug-likeness (QED) is 0.460. The molecule has 170 valence electrons. The highest BCUT2D eigenvalue weighted by Crippen LogP contribution is 2.18. The molecule has 0 saturated carbocycles. The molecule has 0 saturated heterocycles. The maximum Gasteiger partial charge on any atom is 0.330 e. The first kappa shape index (κ1) is 23.0. The Labute approximate surface area is 184 Å². The summed E-state index contributed by atoms with van der Waals surface area (Å²) in [5.74, 6) is 0.187. The largest absolute Gasteiger partial charge is 0.383 e. The highest BCUT2D eigenvalue weighted by atomic mass is 16.2. The SMILES string of the molecule is CCCCn1c(N)c(N(CC)C(=O)CCCc2nc3ccccc3c(=O)[nH]2)c(=O)[nH]c1=O. The number of unbranched alkanes of at least 4 members (excludes halogenated alkanes) is 1. The summed E-state index contributed by atoms with van der Waals surface area (Å²) in [6, 6.07) is 7.05. The number of aryl methyl sites for hydroxylation is 1. The van der Waals surface area contributed by atoms with Crippen LogP contribution in [0.4, 0.5) is 11.5 Å². The number of amides is 1. The van der Waals surface area contributed by atoms with E-state index in [2.05, 4.69) is 15.0 Å². The number of fused-ring (bicyclic) bond motifs is 1. The molecule has 3 aromatic rings. The molecule has 0 atom stereocenters. The topological polar surface area (TPSA) is 147 Å². The Balaban J connectivity index is 1.76. The molecule has 0 aliphatic carbocycles. The van der Waals surface area contributed by atoms with Gasteiger partial charge in [-0.15, -0.1) is 0 Å². The number of nitrogens with two attached hydrogens (primary N) is 1. The van der Waals surface area contributed by atoms with Crippen molar-refractivity contribution in [2.45, 2.75) is 52.5 Å². The van der Waals surface area contributed by atoms with Crippen molar-refractivity contribution < 1.29 is 4.79 Å². The van der Waals surface area contributed by atoms with Crippen molar-refractivity contribution in [1.82, 2.24) is 19.5 Å². The molecule has 10 heteroatoms. The number of para-hydroxylation sites is 1. The Hall–Kier alpha value is -3.69. The van der Waals surface area contributed by atoms with Gasteiger partial charge >= 0.3 is 5.69 Å². The van der Waals surface area contributed by atoms with Gasteiger partial charge in [0, 0.05) is 25.9 Å². The molecule has 2 heterocycles. The Morgan fingerprint density at radius 2 is 1.84 bits per heavy atom. The number of aromatic amines is 2. The molecule has 3 rings (SSSR count). The maximum absolute atomic E-state index is 12.9. The van der Waals surface area contributed by atoms with Crippen LogP contribution in [0.25, 0.3) is 10.9 Å². The summed E-state index contributed by atoms with van der Waals surface area (Å²) < 4.78 is 1.29. The maximum atomic E-state index is 12.9. The molecule has 0 bridgehead atoms. The average Bonchev–Trinajstić information content (AvgIpc) is 2.76. The third kappa shape index (κ3) is 4.79. The molecular formula is C22H28N6O4. The number of aromatic nitrogens is 4. The van der Waals surface area contributed by atoms with Gasteiger partial charge in [-0.2, -0.15) is 0 Å². The summed E-state index contributed by atoms with van der Waals surface area (Å²) in [7, 11) is 0. The summed E-state index contributed by atoms with van der Waals surface area (Å²) in [5.41, 5.74) is 5.23. The number of carbonyl (C=O) groups is 1. The number of carbonyl (C=O) groups excluding carboxylic acids is 1. The number of benzene rings is 1. The van der Waals surface area contributed by atoms with Crippen molar-refractivity contribution >= 4 is 28.3 Å². The first-order chi connectivity index (χ1) is 15.4. The van der Waals surface area contributed by atoms with Gasteiger partial charge in [-0.3, -0.25) is 23.9 Å². The summed E-state index contributed by atoms with van der Waals surface area (Å²) in [4.78, 5) is 60.4. The molecule has 10 nitrogen and oxygen atoms in total. The number of anilines is 2. The van der Waals surface area contributed by atoms with Crippen LogP contribution in [-0.4, -0.2) is 32.0 Å². The molecule has 0 fully saturated rings. The minimum absolute atomic E-state index is 0.00885. The molecule has 1 aromatic carbocycles. The lowest BCUT2D eigenvalue weighted by Gasteiger charge is -2.23. The molecule has 0 radical (unpaired) electrons. The van der Waals surface area contributed by atoms with Gasteiger partial charge in [0.05, 0.1) is 10.9 Å². The number of hydrogen-bond acceptors (Lipinski definition) is 6. The van der Waals surface area contributed by atoms with Crippen molar-refractivity contribution in [1.29, 1.82) is 0 Å². The number of H-pyrrole nitrogens is 2. The highest BCUT2D eigenvalue weighted by Gasteiger charge is 2.22. The van der Waals surface area contributed by atoms with Crippen LogP contribution in [0.15, 0.2) is 38.6 Å². The van der Waals surface area contributed by atoms with Gasteiger partial charge in [0.1, 0.15) is 11.6 Å². The van der Waals surface area contributed by atoms with Crippen molar-refractivity contribution in [3.8, 4) is 0 Å². The molecule has 32 heavy (non-hydrogen) atoms. The summed E-state index contributed by atoms with van der Waals surface area (Å²) in [5, 5.41) is 0.511.